The molecule has 3 atom stereocenters. The molecule has 43 heavy (non-hydrogen) atoms. The molecule has 10 heteroatoms. The minimum atomic E-state index is -0.692. The van der Waals surface area contributed by atoms with Crippen LogP contribution in [0.1, 0.15) is 30.4 Å². The first-order valence-electron chi connectivity index (χ1n) is 14.4. The molecule has 0 radical (unpaired) electrons. The Balaban J connectivity index is 1.64. The van der Waals surface area contributed by atoms with E-state index < -0.39 is 18.2 Å². The zero-order valence-corrected chi connectivity index (χ0v) is 25.8. The second kappa shape index (κ2) is 15.0. The quantitative estimate of drug-likeness (QED) is 0.373. The number of benzene rings is 2. The van der Waals surface area contributed by atoms with Crippen molar-refractivity contribution in [2.45, 2.75) is 38.0 Å². The Morgan fingerprint density at radius 2 is 1.86 bits per heavy atom. The van der Waals surface area contributed by atoms with E-state index in [2.05, 4.69) is 11.9 Å². The number of hydrogen-bond donors (Lipinski definition) is 1. The molecule has 0 bridgehead atoms. The van der Waals surface area contributed by atoms with Crippen LogP contribution in [0, 0.1) is 5.82 Å². The van der Waals surface area contributed by atoms with Crippen molar-refractivity contribution >= 4 is 29.6 Å². The third kappa shape index (κ3) is 7.74. The topological polar surface area (TPSA) is 76.2 Å². The molecule has 0 aromatic heterocycles. The van der Waals surface area contributed by atoms with E-state index in [4.69, 9.17) is 0 Å². The molecular formula is C33H40FN5O3S. The number of thioether (sulfide) groups is 1. The van der Waals surface area contributed by atoms with Gasteiger partial charge in [-0.15, -0.1) is 0 Å². The maximum Gasteiger partial charge on any atom is 0.334 e. The summed E-state index contributed by atoms with van der Waals surface area (Å²) in [5.41, 5.74) is 2.63. The molecule has 4 rings (SSSR count). The van der Waals surface area contributed by atoms with Crippen molar-refractivity contribution in [3.05, 3.63) is 108 Å². The number of nitrogens with zero attached hydrogens (tertiary/aromatic N) is 4. The highest BCUT2D eigenvalue weighted by molar-refractivity contribution is 7.98. The number of carbonyl (C=O) groups is 3. The number of urea groups is 1. The molecule has 0 aliphatic carbocycles. The molecule has 2 saturated heterocycles. The molecule has 2 aliphatic heterocycles. The van der Waals surface area contributed by atoms with Gasteiger partial charge < -0.3 is 15.1 Å². The predicted molar refractivity (Wildman–Crippen MR) is 169 cm³/mol. The van der Waals surface area contributed by atoms with E-state index in [1.54, 1.807) is 45.8 Å². The first-order chi connectivity index (χ1) is 20.7. The van der Waals surface area contributed by atoms with Gasteiger partial charge in [-0.25, -0.2) is 19.2 Å². The number of rotatable bonds is 11. The average Bonchev–Trinajstić information content (AvgIpc) is 3.00. The van der Waals surface area contributed by atoms with E-state index in [1.807, 2.05) is 67.8 Å². The van der Waals surface area contributed by atoms with Crippen LogP contribution in [-0.4, -0.2) is 88.6 Å². The highest BCUT2D eigenvalue weighted by Crippen LogP contribution is 2.32. The Morgan fingerprint density at radius 3 is 2.53 bits per heavy atom. The molecule has 2 aliphatic rings. The zero-order valence-electron chi connectivity index (χ0n) is 25.0. The monoisotopic (exact) mass is 605 g/mol. The summed E-state index contributed by atoms with van der Waals surface area (Å²) in [5.74, 6) is -0.156. The van der Waals surface area contributed by atoms with Crippen LogP contribution >= 0.6 is 11.8 Å². The summed E-state index contributed by atoms with van der Waals surface area (Å²) in [7, 11) is 1.70. The average molecular weight is 606 g/mol. The Morgan fingerprint density at radius 1 is 1.14 bits per heavy atom. The van der Waals surface area contributed by atoms with Gasteiger partial charge in [-0.3, -0.25) is 9.59 Å². The van der Waals surface area contributed by atoms with Crippen molar-refractivity contribution in [3.63, 3.8) is 0 Å². The van der Waals surface area contributed by atoms with Gasteiger partial charge in [0.15, 0.2) is 0 Å². The number of fused-ring (bicyclic) bond motifs is 1. The Labute approximate surface area is 257 Å². The number of hydrazine groups is 1. The highest BCUT2D eigenvalue weighted by Gasteiger charge is 2.50. The summed E-state index contributed by atoms with van der Waals surface area (Å²) >= 11 is 1.61. The predicted octanol–water partition coefficient (Wildman–Crippen LogP) is 4.79. The number of likely N-dealkylation sites (N-methyl/N-ethyl adjacent to an activating group) is 1. The van der Waals surface area contributed by atoms with Crippen molar-refractivity contribution in [2.75, 3.05) is 38.7 Å². The zero-order chi connectivity index (χ0) is 30.9. The maximum atomic E-state index is 14.1. The van der Waals surface area contributed by atoms with E-state index in [1.165, 1.54) is 17.1 Å². The standard InChI is InChI=1S/C33H40FN5O3S/c1-5-6-8-11-24(2)28(26-12-9-7-10-13-26)21-37-22-30-38(29(32(37)41)18-19-43-4)31(40)23-36(3)39(30)33(42)35-20-25-14-16-27(34)17-15-25/h5-17,28-30H,2,18-23H2,1,3-4H3,(H,35,42)/b6-5-,11-8-/t28?,29-,30-/m0/s1. The van der Waals surface area contributed by atoms with Gasteiger partial charge in [0.25, 0.3) is 0 Å². The number of nitrogens with one attached hydrogen (secondary N) is 1. The molecule has 0 saturated carbocycles. The molecule has 0 spiro atoms. The van der Waals surface area contributed by atoms with Gasteiger partial charge >= 0.3 is 6.03 Å². The van der Waals surface area contributed by atoms with Crippen LogP contribution in [0.4, 0.5) is 9.18 Å². The fourth-order valence-electron chi connectivity index (χ4n) is 5.59. The Bertz CT molecular complexity index is 1350. The Kier molecular flexibility index (Phi) is 11.2. The summed E-state index contributed by atoms with van der Waals surface area (Å²) in [6.07, 6.45) is 9.51. The van der Waals surface area contributed by atoms with E-state index in [0.29, 0.717) is 18.7 Å². The molecule has 4 amide bonds. The number of allylic oxidation sites excluding steroid dienone is 4. The number of piperazine rings is 1. The summed E-state index contributed by atoms with van der Waals surface area (Å²) in [4.78, 5) is 44.5. The lowest BCUT2D eigenvalue weighted by atomic mass is 9.90. The van der Waals surface area contributed by atoms with E-state index in [0.717, 1.165) is 16.7 Å². The lowest BCUT2D eigenvalue weighted by Crippen LogP contribution is -2.76. The lowest BCUT2D eigenvalue weighted by molar-refractivity contribution is -0.187. The molecule has 2 fully saturated rings. The lowest BCUT2D eigenvalue weighted by Gasteiger charge is -2.54. The smallest absolute Gasteiger partial charge is 0.334 e. The normalized spacial score (nSPS) is 20.1. The third-order valence-electron chi connectivity index (χ3n) is 7.77. The van der Waals surface area contributed by atoms with Gasteiger partial charge in [-0.2, -0.15) is 11.8 Å². The molecular weight excluding hydrogens is 565 g/mol. The second-order valence-electron chi connectivity index (χ2n) is 10.7. The van der Waals surface area contributed by atoms with Crippen LogP contribution < -0.4 is 5.32 Å². The van der Waals surface area contributed by atoms with E-state index in [9.17, 15) is 18.8 Å². The maximum absolute atomic E-state index is 14.1. The van der Waals surface area contributed by atoms with Gasteiger partial charge in [0.1, 0.15) is 18.0 Å². The van der Waals surface area contributed by atoms with Gasteiger partial charge in [0.2, 0.25) is 11.8 Å². The van der Waals surface area contributed by atoms with Crippen molar-refractivity contribution < 1.29 is 18.8 Å². The summed E-state index contributed by atoms with van der Waals surface area (Å²) in [6.45, 7) is 6.96. The minimum Gasteiger partial charge on any atom is -0.336 e. The fourth-order valence-corrected chi connectivity index (χ4v) is 6.04. The van der Waals surface area contributed by atoms with Crippen molar-refractivity contribution in [1.82, 2.24) is 25.1 Å². The minimum absolute atomic E-state index is 0.0251. The van der Waals surface area contributed by atoms with Crippen molar-refractivity contribution in [3.8, 4) is 0 Å². The van der Waals surface area contributed by atoms with Crippen LogP contribution in [0.2, 0.25) is 0 Å². The van der Waals surface area contributed by atoms with Crippen molar-refractivity contribution in [2.24, 2.45) is 0 Å². The second-order valence-corrected chi connectivity index (χ2v) is 11.7. The van der Waals surface area contributed by atoms with Crippen LogP contribution in [-0.2, 0) is 16.1 Å². The van der Waals surface area contributed by atoms with Crippen molar-refractivity contribution in [1.29, 1.82) is 0 Å². The number of carbonyl (C=O) groups excluding carboxylic acids is 3. The largest absolute Gasteiger partial charge is 0.336 e. The first-order valence-corrected chi connectivity index (χ1v) is 15.8. The van der Waals surface area contributed by atoms with Gasteiger partial charge in [-0.1, -0.05) is 73.3 Å². The van der Waals surface area contributed by atoms with Crippen LogP contribution in [0.15, 0.2) is 91.1 Å². The SMILES string of the molecule is C=C(/C=C\C=C/C)C(CN1C[C@H]2N(C(=O)CN(C)N2C(=O)NCc2ccc(F)cc2)[C@@H](CCSC)C1=O)c1ccccc1. The highest BCUT2D eigenvalue weighted by atomic mass is 32.2. The summed E-state index contributed by atoms with van der Waals surface area (Å²) < 4.78 is 13.4. The third-order valence-corrected chi connectivity index (χ3v) is 8.41. The number of amides is 4. The van der Waals surface area contributed by atoms with E-state index >= 15 is 0 Å². The molecule has 1 unspecified atom stereocenters. The number of halogens is 1. The first kappa shape index (κ1) is 32.0. The van der Waals surface area contributed by atoms with Crippen LogP contribution in [0.3, 0.4) is 0 Å². The molecule has 2 aromatic carbocycles. The Hall–Kier alpha value is -3.89. The molecule has 8 nitrogen and oxygen atoms in total. The summed E-state index contributed by atoms with van der Waals surface area (Å²) in [6, 6.07) is 14.8. The van der Waals surface area contributed by atoms with Gasteiger partial charge in [-0.05, 0) is 54.2 Å². The van der Waals surface area contributed by atoms with Gasteiger partial charge in [0.05, 0.1) is 13.1 Å². The molecule has 228 valence electrons. The van der Waals surface area contributed by atoms with E-state index in [-0.39, 0.29) is 43.2 Å². The molecule has 1 N–H and O–H groups in total. The summed E-state index contributed by atoms with van der Waals surface area (Å²) in [5, 5.41) is 6.06. The molecule has 2 aromatic rings. The van der Waals surface area contributed by atoms with Crippen LogP contribution in [0.25, 0.3) is 0 Å². The van der Waals surface area contributed by atoms with Gasteiger partial charge in [0, 0.05) is 26.1 Å². The number of hydrogen-bond acceptors (Lipinski definition) is 5. The molecule has 2 heterocycles. The fraction of sp³-hybridized carbons (Fsp3) is 0.364. The van der Waals surface area contributed by atoms with Crippen LogP contribution in [0.5, 0.6) is 0 Å².